The number of nitrogens with zero attached hydrogens (tertiary/aromatic N) is 2. The zero-order chi connectivity index (χ0) is 25.9. The molecule has 0 bridgehead atoms. The summed E-state index contributed by atoms with van der Waals surface area (Å²) < 4.78 is 36.8. The number of nitro benzene ring substituents is 1. The van der Waals surface area contributed by atoms with Crippen LogP contribution in [0.3, 0.4) is 0 Å². The van der Waals surface area contributed by atoms with E-state index in [2.05, 4.69) is 5.32 Å². The van der Waals surface area contributed by atoms with Gasteiger partial charge in [-0.15, -0.1) is 0 Å². The molecule has 0 saturated carbocycles. The number of aliphatic hydroxyl groups is 1. The summed E-state index contributed by atoms with van der Waals surface area (Å²) in [7, 11) is -2.91. The number of nitrogens with one attached hydrogen (secondary N) is 1. The number of esters is 1. The van der Waals surface area contributed by atoms with Gasteiger partial charge in [0.05, 0.1) is 23.0 Å². The van der Waals surface area contributed by atoms with Crippen molar-refractivity contribution in [2.75, 3.05) is 25.6 Å². The molecule has 2 N–H and O–H groups in total. The molecular weight excluding hydrogens is 506 g/mol. The first-order valence-corrected chi connectivity index (χ1v) is 12.0. The number of hydrogen-bond donors (Lipinski definition) is 2. The van der Waals surface area contributed by atoms with Crippen LogP contribution in [0.25, 0.3) is 0 Å². The first-order valence-electron chi connectivity index (χ1n) is 10.2. The number of β-amino-alcohol motifs (C(OH)–C–C–N with tert-alkyl or cyclic N) is 1. The van der Waals surface area contributed by atoms with E-state index in [-0.39, 0.29) is 35.0 Å². The Labute approximate surface area is 205 Å². The number of hydrogen-bond acceptors (Lipinski definition) is 9. The number of aryl methyl sites for hydroxylation is 1. The molecule has 14 heteroatoms. The molecule has 1 aliphatic rings. The summed E-state index contributed by atoms with van der Waals surface area (Å²) in [4.78, 5) is 35.3. The first-order chi connectivity index (χ1) is 16.4. The van der Waals surface area contributed by atoms with Gasteiger partial charge in [0.1, 0.15) is 6.04 Å². The summed E-state index contributed by atoms with van der Waals surface area (Å²) in [6.45, 7) is 0.463. The van der Waals surface area contributed by atoms with Gasteiger partial charge in [0.2, 0.25) is 10.0 Å². The lowest BCUT2D eigenvalue weighted by Crippen LogP contribution is -2.42. The Bertz CT molecular complexity index is 1250. The fraction of sp³-hybridized carbons (Fsp3) is 0.333. The maximum absolute atomic E-state index is 13.0. The zero-order valence-electron chi connectivity index (χ0n) is 18.6. The van der Waals surface area contributed by atoms with Crippen LogP contribution >= 0.6 is 11.6 Å². The molecule has 3 rings (SSSR count). The van der Waals surface area contributed by atoms with Gasteiger partial charge in [0.15, 0.2) is 12.4 Å². The van der Waals surface area contributed by atoms with Gasteiger partial charge < -0.3 is 19.9 Å². The minimum Gasteiger partial charge on any atom is -0.490 e. The SMILES string of the molecule is COc1cc(NC(=O)COC(=O)[C@@H]2C[C@H](O)CN2S(=O)(=O)c2ccc(Cl)cc2)c(C)cc1[N+](=O)[O-]. The van der Waals surface area contributed by atoms with Crippen molar-refractivity contribution in [2.24, 2.45) is 0 Å². The van der Waals surface area contributed by atoms with E-state index in [4.69, 9.17) is 21.1 Å². The average molecular weight is 528 g/mol. The Kier molecular flexibility index (Phi) is 7.95. The van der Waals surface area contributed by atoms with E-state index in [1.807, 2.05) is 0 Å². The molecule has 35 heavy (non-hydrogen) atoms. The molecule has 1 amide bonds. The van der Waals surface area contributed by atoms with Crippen LogP contribution < -0.4 is 10.1 Å². The predicted octanol–water partition coefficient (Wildman–Crippen LogP) is 1.87. The van der Waals surface area contributed by atoms with Crippen LogP contribution in [0.15, 0.2) is 41.3 Å². The number of anilines is 1. The minimum atomic E-state index is -4.15. The Hall–Kier alpha value is -3.26. The summed E-state index contributed by atoms with van der Waals surface area (Å²) >= 11 is 5.80. The number of sulfonamides is 1. The van der Waals surface area contributed by atoms with Gasteiger partial charge in [0, 0.05) is 35.8 Å². The fourth-order valence-corrected chi connectivity index (χ4v) is 5.29. The van der Waals surface area contributed by atoms with E-state index < -0.39 is 45.6 Å². The molecule has 2 aromatic rings. The van der Waals surface area contributed by atoms with Crippen molar-refractivity contribution in [3.8, 4) is 5.75 Å². The van der Waals surface area contributed by atoms with E-state index >= 15 is 0 Å². The Morgan fingerprint density at radius 2 is 1.94 bits per heavy atom. The number of ether oxygens (including phenoxy) is 2. The summed E-state index contributed by atoms with van der Waals surface area (Å²) in [5.41, 5.74) is 0.296. The number of methoxy groups -OCH3 is 1. The molecule has 1 heterocycles. The van der Waals surface area contributed by atoms with Gasteiger partial charge >= 0.3 is 11.7 Å². The molecule has 188 valence electrons. The third kappa shape index (κ3) is 5.88. The molecule has 2 atom stereocenters. The lowest BCUT2D eigenvalue weighted by Gasteiger charge is -2.22. The molecule has 12 nitrogen and oxygen atoms in total. The van der Waals surface area contributed by atoms with Crippen LogP contribution in [0.5, 0.6) is 5.75 Å². The van der Waals surface area contributed by atoms with E-state index in [0.717, 1.165) is 4.31 Å². The van der Waals surface area contributed by atoms with Crippen molar-refractivity contribution in [3.63, 3.8) is 0 Å². The van der Waals surface area contributed by atoms with Crippen molar-refractivity contribution < 1.29 is 37.5 Å². The van der Waals surface area contributed by atoms with Crippen molar-refractivity contribution >= 4 is 44.9 Å². The third-order valence-electron chi connectivity index (χ3n) is 5.27. The Morgan fingerprint density at radius 3 is 2.54 bits per heavy atom. The molecule has 0 aliphatic carbocycles. The molecule has 0 radical (unpaired) electrons. The summed E-state index contributed by atoms with van der Waals surface area (Å²) in [5, 5.41) is 23.9. The normalized spacial score (nSPS) is 18.2. The smallest absolute Gasteiger partial charge is 0.325 e. The zero-order valence-corrected chi connectivity index (χ0v) is 20.2. The van der Waals surface area contributed by atoms with Gasteiger partial charge in [0.25, 0.3) is 5.91 Å². The summed E-state index contributed by atoms with van der Waals surface area (Å²) in [6, 6.07) is 6.47. The van der Waals surface area contributed by atoms with Gasteiger partial charge in [-0.25, -0.2) is 8.42 Å². The second kappa shape index (κ2) is 10.6. The number of nitro groups is 1. The number of rotatable bonds is 8. The van der Waals surface area contributed by atoms with Crippen LogP contribution in [-0.4, -0.2) is 67.0 Å². The van der Waals surface area contributed by atoms with Crippen molar-refractivity contribution in [1.29, 1.82) is 0 Å². The van der Waals surface area contributed by atoms with E-state index in [9.17, 15) is 33.2 Å². The van der Waals surface area contributed by atoms with Crippen molar-refractivity contribution in [2.45, 2.75) is 30.4 Å². The monoisotopic (exact) mass is 527 g/mol. The first kappa shape index (κ1) is 26.3. The summed E-state index contributed by atoms with van der Waals surface area (Å²) in [6.07, 6.45) is -1.30. The van der Waals surface area contributed by atoms with Gasteiger partial charge in [-0.3, -0.25) is 19.7 Å². The highest BCUT2D eigenvalue weighted by atomic mass is 35.5. The molecule has 1 aliphatic heterocycles. The largest absolute Gasteiger partial charge is 0.490 e. The highest BCUT2D eigenvalue weighted by Crippen LogP contribution is 2.33. The topological polar surface area (TPSA) is 165 Å². The van der Waals surface area contributed by atoms with Crippen molar-refractivity contribution in [3.05, 3.63) is 57.1 Å². The van der Waals surface area contributed by atoms with Gasteiger partial charge in [-0.2, -0.15) is 4.31 Å². The third-order valence-corrected chi connectivity index (χ3v) is 7.41. The molecular formula is C21H22ClN3O9S. The van der Waals surface area contributed by atoms with Gasteiger partial charge in [-0.05, 0) is 36.8 Å². The van der Waals surface area contributed by atoms with Crippen LogP contribution in [0.1, 0.15) is 12.0 Å². The van der Waals surface area contributed by atoms with Crippen LogP contribution in [0.4, 0.5) is 11.4 Å². The maximum Gasteiger partial charge on any atom is 0.325 e. The van der Waals surface area contributed by atoms with Crippen LogP contribution in [-0.2, 0) is 24.3 Å². The second-order valence-corrected chi connectivity index (χ2v) is 10.0. The maximum atomic E-state index is 13.0. The van der Waals surface area contributed by atoms with Crippen molar-refractivity contribution in [1.82, 2.24) is 4.31 Å². The molecule has 2 aromatic carbocycles. The number of benzene rings is 2. The minimum absolute atomic E-state index is 0.0733. The highest BCUT2D eigenvalue weighted by Gasteiger charge is 2.44. The quantitative estimate of drug-likeness (QED) is 0.296. The number of halogens is 1. The number of carbonyl (C=O) groups is 2. The predicted molar refractivity (Wildman–Crippen MR) is 124 cm³/mol. The molecule has 1 fully saturated rings. The number of aliphatic hydroxyl groups excluding tert-OH is 1. The second-order valence-electron chi connectivity index (χ2n) is 7.69. The Balaban J connectivity index is 1.69. The van der Waals surface area contributed by atoms with E-state index in [1.165, 1.54) is 50.4 Å². The molecule has 0 spiro atoms. The van der Waals surface area contributed by atoms with Crippen LogP contribution in [0.2, 0.25) is 5.02 Å². The average Bonchev–Trinajstić information content (AvgIpc) is 3.21. The molecule has 1 saturated heterocycles. The summed E-state index contributed by atoms with van der Waals surface area (Å²) in [5.74, 6) is -1.84. The number of amides is 1. The van der Waals surface area contributed by atoms with E-state index in [0.29, 0.717) is 10.6 Å². The Morgan fingerprint density at radius 1 is 1.29 bits per heavy atom. The fourth-order valence-electron chi connectivity index (χ4n) is 3.54. The standard InChI is InChI=1S/C21H22ClN3O9S/c1-12-7-17(25(29)30)19(33-2)9-16(12)23-20(27)11-34-21(28)18-8-14(26)10-24(18)35(31,32)15-5-3-13(22)4-6-15/h3-7,9,14,18,26H,8,10-11H2,1-2H3,(H,23,27)/t14-,18-/m0/s1. The van der Waals surface area contributed by atoms with E-state index in [1.54, 1.807) is 0 Å². The molecule has 0 aromatic heterocycles. The lowest BCUT2D eigenvalue weighted by atomic mass is 10.1. The molecule has 0 unspecified atom stereocenters. The lowest BCUT2D eigenvalue weighted by molar-refractivity contribution is -0.385. The number of carbonyl (C=O) groups excluding carboxylic acids is 2. The van der Waals surface area contributed by atoms with Gasteiger partial charge in [-0.1, -0.05) is 11.6 Å². The highest BCUT2D eigenvalue weighted by molar-refractivity contribution is 7.89. The van der Waals surface area contributed by atoms with Crippen LogP contribution in [0, 0.1) is 17.0 Å².